The fraction of sp³-hybridized carbons (Fsp3) is 0.125. The number of aliphatic hydroxyl groups excluding tert-OH is 1. The zero-order chi connectivity index (χ0) is 15.2. The topological polar surface area (TPSA) is 81.9 Å². The second-order valence-corrected chi connectivity index (χ2v) is 4.50. The van der Waals surface area contributed by atoms with Gasteiger partial charge in [-0.25, -0.2) is 5.43 Å². The number of nitrogens with zero attached hydrogens (tertiary/aromatic N) is 1. The van der Waals surface area contributed by atoms with Crippen LogP contribution < -0.4 is 5.43 Å². The number of para-hydroxylation sites is 1. The maximum Gasteiger partial charge on any atom is 0.273 e. The monoisotopic (exact) mass is 284 g/mol. The lowest BCUT2D eigenvalue weighted by atomic mass is 10.1. The minimum absolute atomic E-state index is 0.0802. The fourth-order valence-corrected chi connectivity index (χ4v) is 1.83. The van der Waals surface area contributed by atoms with Crippen LogP contribution in [0.25, 0.3) is 0 Å². The Morgan fingerprint density at radius 3 is 2.38 bits per heavy atom. The SMILES string of the molecule is CC(=NNC(=O)C(O)c1ccccc1)c1ccccc1O. The average molecular weight is 284 g/mol. The molecule has 5 heteroatoms. The largest absolute Gasteiger partial charge is 0.507 e. The first-order valence-electron chi connectivity index (χ1n) is 6.45. The van der Waals surface area contributed by atoms with E-state index < -0.39 is 12.0 Å². The van der Waals surface area contributed by atoms with Crippen LogP contribution >= 0.6 is 0 Å². The lowest BCUT2D eigenvalue weighted by Crippen LogP contribution is -2.26. The number of hydrogen-bond donors (Lipinski definition) is 3. The van der Waals surface area contributed by atoms with E-state index in [1.54, 1.807) is 55.5 Å². The standard InChI is InChI=1S/C16H16N2O3/c1-11(13-9-5-6-10-14(13)19)17-18-16(21)15(20)12-7-3-2-4-8-12/h2-10,15,19-20H,1H3,(H,18,21). The highest BCUT2D eigenvalue weighted by Gasteiger charge is 2.16. The molecule has 0 saturated heterocycles. The van der Waals surface area contributed by atoms with E-state index in [4.69, 9.17) is 0 Å². The summed E-state index contributed by atoms with van der Waals surface area (Å²) >= 11 is 0. The molecule has 5 nitrogen and oxygen atoms in total. The fourth-order valence-electron chi connectivity index (χ4n) is 1.83. The Labute approximate surface area is 122 Å². The van der Waals surface area contributed by atoms with Gasteiger partial charge in [0.25, 0.3) is 5.91 Å². The lowest BCUT2D eigenvalue weighted by molar-refractivity contribution is -0.129. The molecular weight excluding hydrogens is 268 g/mol. The predicted molar refractivity (Wildman–Crippen MR) is 79.9 cm³/mol. The Bertz CT molecular complexity index is 654. The van der Waals surface area contributed by atoms with E-state index in [0.29, 0.717) is 16.8 Å². The zero-order valence-corrected chi connectivity index (χ0v) is 11.5. The molecule has 21 heavy (non-hydrogen) atoms. The lowest BCUT2D eigenvalue weighted by Gasteiger charge is -2.09. The van der Waals surface area contributed by atoms with Gasteiger partial charge < -0.3 is 10.2 Å². The molecule has 0 radical (unpaired) electrons. The molecule has 0 saturated carbocycles. The maximum atomic E-state index is 11.8. The van der Waals surface area contributed by atoms with E-state index in [1.165, 1.54) is 6.07 Å². The van der Waals surface area contributed by atoms with Crippen molar-refractivity contribution >= 4 is 11.6 Å². The van der Waals surface area contributed by atoms with Crippen LogP contribution in [0.4, 0.5) is 0 Å². The Kier molecular flexibility index (Phi) is 4.68. The van der Waals surface area contributed by atoms with Gasteiger partial charge in [0.2, 0.25) is 0 Å². The number of hydrazone groups is 1. The number of phenolic OH excluding ortho intramolecular Hbond substituents is 1. The van der Waals surface area contributed by atoms with Crippen molar-refractivity contribution in [3.63, 3.8) is 0 Å². The van der Waals surface area contributed by atoms with E-state index in [2.05, 4.69) is 10.5 Å². The molecule has 2 aromatic rings. The van der Waals surface area contributed by atoms with Crippen LogP contribution in [-0.2, 0) is 4.79 Å². The summed E-state index contributed by atoms with van der Waals surface area (Å²) in [5.41, 5.74) is 3.75. The molecule has 0 aliphatic heterocycles. The van der Waals surface area contributed by atoms with Crippen molar-refractivity contribution in [3.8, 4) is 5.75 Å². The number of carbonyl (C=O) groups is 1. The van der Waals surface area contributed by atoms with E-state index in [9.17, 15) is 15.0 Å². The Morgan fingerprint density at radius 1 is 1.10 bits per heavy atom. The van der Waals surface area contributed by atoms with Crippen molar-refractivity contribution in [1.82, 2.24) is 5.43 Å². The van der Waals surface area contributed by atoms with Gasteiger partial charge in [-0.2, -0.15) is 5.10 Å². The van der Waals surface area contributed by atoms with E-state index in [-0.39, 0.29) is 5.75 Å². The van der Waals surface area contributed by atoms with Crippen molar-refractivity contribution in [3.05, 3.63) is 65.7 Å². The van der Waals surface area contributed by atoms with E-state index >= 15 is 0 Å². The molecular formula is C16H16N2O3. The van der Waals surface area contributed by atoms with E-state index in [1.807, 2.05) is 0 Å². The third-order valence-corrected chi connectivity index (χ3v) is 2.99. The molecule has 0 spiro atoms. The Balaban J connectivity index is 2.07. The first-order valence-corrected chi connectivity index (χ1v) is 6.45. The summed E-state index contributed by atoms with van der Waals surface area (Å²) in [6.45, 7) is 1.66. The summed E-state index contributed by atoms with van der Waals surface area (Å²) in [6, 6.07) is 15.3. The molecule has 1 unspecified atom stereocenters. The molecule has 1 amide bonds. The third kappa shape index (κ3) is 3.67. The van der Waals surface area contributed by atoms with Crippen LogP contribution in [0, 0.1) is 0 Å². The number of rotatable bonds is 4. The molecule has 0 fully saturated rings. The number of nitrogens with one attached hydrogen (secondary N) is 1. The summed E-state index contributed by atoms with van der Waals surface area (Å²) in [7, 11) is 0. The van der Waals surface area contributed by atoms with Gasteiger partial charge in [0.05, 0.1) is 5.71 Å². The maximum absolute atomic E-state index is 11.8. The summed E-state index contributed by atoms with van der Waals surface area (Å²) in [6.07, 6.45) is -1.29. The van der Waals surface area contributed by atoms with Gasteiger partial charge in [-0.1, -0.05) is 42.5 Å². The summed E-state index contributed by atoms with van der Waals surface area (Å²) in [4.78, 5) is 11.8. The van der Waals surface area contributed by atoms with Crippen LogP contribution in [-0.4, -0.2) is 21.8 Å². The van der Waals surface area contributed by atoms with Crippen LogP contribution in [0.1, 0.15) is 24.2 Å². The number of aliphatic hydroxyl groups is 1. The van der Waals surface area contributed by atoms with Gasteiger partial charge in [-0.15, -0.1) is 0 Å². The van der Waals surface area contributed by atoms with Gasteiger partial charge in [0.15, 0.2) is 6.10 Å². The van der Waals surface area contributed by atoms with Crippen LogP contribution in [0.3, 0.4) is 0 Å². The van der Waals surface area contributed by atoms with Crippen molar-refractivity contribution in [2.24, 2.45) is 5.10 Å². The van der Waals surface area contributed by atoms with Crippen molar-refractivity contribution < 1.29 is 15.0 Å². The number of amides is 1. The molecule has 1 atom stereocenters. The smallest absolute Gasteiger partial charge is 0.273 e. The number of carbonyl (C=O) groups excluding carboxylic acids is 1. The summed E-state index contributed by atoms with van der Waals surface area (Å²) in [5, 5.41) is 23.5. The molecule has 2 aromatic carbocycles. The zero-order valence-electron chi connectivity index (χ0n) is 11.5. The van der Waals surface area contributed by atoms with Gasteiger partial charge in [-0.3, -0.25) is 4.79 Å². The number of phenols is 1. The van der Waals surface area contributed by atoms with Crippen molar-refractivity contribution in [1.29, 1.82) is 0 Å². The number of benzene rings is 2. The van der Waals surface area contributed by atoms with Crippen LogP contribution in [0.2, 0.25) is 0 Å². The normalized spacial score (nSPS) is 12.8. The molecule has 0 aliphatic rings. The minimum Gasteiger partial charge on any atom is -0.507 e. The van der Waals surface area contributed by atoms with Crippen molar-refractivity contribution in [2.45, 2.75) is 13.0 Å². The summed E-state index contributed by atoms with van der Waals surface area (Å²) in [5.74, 6) is -0.549. The molecule has 0 heterocycles. The summed E-state index contributed by atoms with van der Waals surface area (Å²) < 4.78 is 0. The second kappa shape index (κ2) is 6.67. The van der Waals surface area contributed by atoms with Crippen LogP contribution in [0.15, 0.2) is 59.7 Å². The van der Waals surface area contributed by atoms with Gasteiger partial charge in [0.1, 0.15) is 5.75 Å². The molecule has 108 valence electrons. The third-order valence-electron chi connectivity index (χ3n) is 2.99. The first-order chi connectivity index (χ1) is 10.1. The highest BCUT2D eigenvalue weighted by atomic mass is 16.3. The second-order valence-electron chi connectivity index (χ2n) is 4.50. The average Bonchev–Trinajstić information content (AvgIpc) is 2.52. The highest BCUT2D eigenvalue weighted by Crippen LogP contribution is 2.16. The first kappa shape index (κ1) is 14.7. The number of aromatic hydroxyl groups is 1. The van der Waals surface area contributed by atoms with Gasteiger partial charge in [-0.05, 0) is 24.6 Å². The number of hydrogen-bond acceptors (Lipinski definition) is 4. The van der Waals surface area contributed by atoms with Gasteiger partial charge in [0, 0.05) is 5.56 Å². The van der Waals surface area contributed by atoms with Crippen LogP contribution in [0.5, 0.6) is 5.75 Å². The van der Waals surface area contributed by atoms with Crippen molar-refractivity contribution in [2.75, 3.05) is 0 Å². The molecule has 0 aromatic heterocycles. The molecule has 0 aliphatic carbocycles. The Hall–Kier alpha value is -2.66. The predicted octanol–water partition coefficient (Wildman–Crippen LogP) is 1.97. The molecule has 0 bridgehead atoms. The quantitative estimate of drug-likeness (QED) is 0.593. The van der Waals surface area contributed by atoms with Gasteiger partial charge >= 0.3 is 0 Å². The highest BCUT2D eigenvalue weighted by molar-refractivity contribution is 6.01. The minimum atomic E-state index is -1.29. The molecule has 3 N–H and O–H groups in total. The molecule has 2 rings (SSSR count). The Morgan fingerprint density at radius 2 is 1.71 bits per heavy atom. The van der Waals surface area contributed by atoms with E-state index in [0.717, 1.165) is 0 Å².